The number of aromatic nitrogens is 1. The zero-order valence-electron chi connectivity index (χ0n) is 16.3. The van der Waals surface area contributed by atoms with Gasteiger partial charge in [-0.15, -0.1) is 0 Å². The van der Waals surface area contributed by atoms with Gasteiger partial charge < -0.3 is 20.4 Å². The summed E-state index contributed by atoms with van der Waals surface area (Å²) in [5, 5.41) is 8.58. The molecule has 0 fully saturated rings. The molecule has 0 atom stereocenters. The molecule has 0 bridgehead atoms. The number of methoxy groups -OCH3 is 1. The van der Waals surface area contributed by atoms with E-state index in [1.807, 2.05) is 12.1 Å². The minimum atomic E-state index is -0.304. The highest BCUT2D eigenvalue weighted by Gasteiger charge is 2.22. The number of halogens is 1. The van der Waals surface area contributed by atoms with Crippen molar-refractivity contribution in [3.05, 3.63) is 59.0 Å². The number of hydrogen-bond donors (Lipinski definition) is 2. The van der Waals surface area contributed by atoms with Crippen LogP contribution in [-0.4, -0.2) is 23.9 Å². The van der Waals surface area contributed by atoms with Crippen LogP contribution in [0.2, 0.25) is 0 Å². The largest absolute Gasteiger partial charge is 0.469 e. The van der Waals surface area contributed by atoms with Gasteiger partial charge in [0, 0.05) is 40.7 Å². The summed E-state index contributed by atoms with van der Waals surface area (Å²) in [6.07, 6.45) is 1.99. The third-order valence-electron chi connectivity index (χ3n) is 4.91. The van der Waals surface area contributed by atoms with Crippen LogP contribution in [0, 0.1) is 11.2 Å². The molecule has 6 heteroatoms. The number of anilines is 1. The Morgan fingerprint density at radius 1 is 1.29 bits per heavy atom. The van der Waals surface area contributed by atoms with Gasteiger partial charge in [0.25, 0.3) is 0 Å². The summed E-state index contributed by atoms with van der Waals surface area (Å²) in [5.74, 6) is -0.433. The van der Waals surface area contributed by atoms with Crippen LogP contribution in [0.15, 0.2) is 36.4 Å². The second kappa shape index (κ2) is 7.84. The Bertz CT molecular complexity index is 1040. The molecule has 0 unspecified atom stereocenters. The number of carbonyl (C=O) groups is 1. The Kier molecular flexibility index (Phi) is 5.49. The number of carbonyl (C=O) groups excluding carboxylic acids is 1. The van der Waals surface area contributed by atoms with Gasteiger partial charge in [-0.2, -0.15) is 0 Å². The number of benzene rings is 2. The van der Waals surface area contributed by atoms with Crippen LogP contribution >= 0.6 is 0 Å². The van der Waals surface area contributed by atoms with Crippen LogP contribution < -0.4 is 5.73 Å². The van der Waals surface area contributed by atoms with Gasteiger partial charge in [0.15, 0.2) is 0 Å². The number of aryl methyl sites for hydroxylation is 1. The van der Waals surface area contributed by atoms with Gasteiger partial charge in [-0.05, 0) is 54.3 Å². The molecule has 0 saturated heterocycles. The average molecular weight is 381 g/mol. The number of nitrogens with one attached hydrogen (secondary N) is 1. The fourth-order valence-corrected chi connectivity index (χ4v) is 3.64. The second-order valence-corrected chi connectivity index (χ2v) is 7.05. The lowest BCUT2D eigenvalue weighted by Crippen LogP contribution is -2.07. The summed E-state index contributed by atoms with van der Waals surface area (Å²) < 4.78 is 20.4. The van der Waals surface area contributed by atoms with Crippen molar-refractivity contribution in [2.45, 2.75) is 32.6 Å². The van der Waals surface area contributed by atoms with Crippen LogP contribution in [0.1, 0.15) is 43.0 Å². The van der Waals surface area contributed by atoms with Crippen molar-refractivity contribution in [3.63, 3.8) is 0 Å². The Balaban J connectivity index is 2.34. The summed E-state index contributed by atoms with van der Waals surface area (Å²) in [7, 11) is 1.38. The smallest absolute Gasteiger partial charge is 0.305 e. The van der Waals surface area contributed by atoms with Crippen molar-refractivity contribution in [2.24, 2.45) is 0 Å². The summed E-state index contributed by atoms with van der Waals surface area (Å²) in [6.45, 7) is 4.16. The molecule has 0 amide bonds. The van der Waals surface area contributed by atoms with Gasteiger partial charge in [-0.25, -0.2) is 4.39 Å². The van der Waals surface area contributed by atoms with Crippen molar-refractivity contribution in [3.8, 4) is 5.69 Å². The monoisotopic (exact) mass is 381 g/mol. The molecular weight excluding hydrogens is 357 g/mol. The van der Waals surface area contributed by atoms with Gasteiger partial charge in [0.05, 0.1) is 12.6 Å². The van der Waals surface area contributed by atoms with Crippen molar-refractivity contribution in [1.82, 2.24) is 4.57 Å². The molecule has 3 N–H and O–H groups in total. The lowest BCUT2D eigenvalue weighted by Gasteiger charge is -2.15. The van der Waals surface area contributed by atoms with Crippen LogP contribution in [0.3, 0.4) is 0 Å². The molecule has 0 aliphatic rings. The third-order valence-corrected chi connectivity index (χ3v) is 4.91. The van der Waals surface area contributed by atoms with Gasteiger partial charge in [-0.3, -0.25) is 4.79 Å². The number of nitrogens with zero attached hydrogens (tertiary/aromatic N) is 1. The lowest BCUT2D eigenvalue weighted by atomic mass is 9.98. The second-order valence-electron chi connectivity index (χ2n) is 7.05. The van der Waals surface area contributed by atoms with E-state index < -0.39 is 0 Å². The Morgan fingerprint density at radius 2 is 1.96 bits per heavy atom. The molecule has 0 saturated carbocycles. The first-order valence-electron chi connectivity index (χ1n) is 9.17. The third kappa shape index (κ3) is 3.50. The molecule has 146 valence electrons. The minimum Gasteiger partial charge on any atom is -0.469 e. The van der Waals surface area contributed by atoms with Crippen LogP contribution in [0.4, 0.5) is 10.1 Å². The number of hydrogen-bond acceptors (Lipinski definition) is 4. The highest BCUT2D eigenvalue weighted by molar-refractivity contribution is 5.98. The van der Waals surface area contributed by atoms with E-state index in [2.05, 4.69) is 18.4 Å². The van der Waals surface area contributed by atoms with E-state index in [1.54, 1.807) is 12.1 Å². The minimum absolute atomic E-state index is 0.148. The molecule has 0 aliphatic heterocycles. The molecule has 28 heavy (non-hydrogen) atoms. The highest BCUT2D eigenvalue weighted by Crippen LogP contribution is 2.37. The first-order chi connectivity index (χ1) is 13.4. The molecule has 3 rings (SSSR count). The van der Waals surface area contributed by atoms with Gasteiger partial charge in [0.1, 0.15) is 5.82 Å². The predicted octanol–water partition coefficient (Wildman–Crippen LogP) is 4.58. The van der Waals surface area contributed by atoms with E-state index in [9.17, 15) is 9.18 Å². The zero-order chi connectivity index (χ0) is 20.4. The predicted molar refractivity (Wildman–Crippen MR) is 110 cm³/mol. The van der Waals surface area contributed by atoms with Crippen LogP contribution in [-0.2, 0) is 16.0 Å². The van der Waals surface area contributed by atoms with E-state index in [1.165, 1.54) is 25.5 Å². The number of esters is 1. The van der Waals surface area contributed by atoms with Crippen molar-refractivity contribution in [2.75, 3.05) is 12.8 Å². The number of fused-ring (bicyclic) bond motifs is 1. The molecule has 3 aromatic rings. The van der Waals surface area contributed by atoms with Crippen molar-refractivity contribution >= 4 is 28.8 Å². The van der Waals surface area contributed by atoms with E-state index in [0.717, 1.165) is 27.8 Å². The molecule has 2 aromatic carbocycles. The normalized spacial score (nSPS) is 11.2. The number of nitrogens with two attached hydrogens (primary N) is 1. The molecule has 0 radical (unpaired) electrons. The Hall–Kier alpha value is -3.15. The Labute approximate surface area is 163 Å². The first kappa shape index (κ1) is 19.6. The highest BCUT2D eigenvalue weighted by atomic mass is 19.1. The summed E-state index contributed by atoms with van der Waals surface area (Å²) in [5.41, 5.74) is 11.0. The summed E-state index contributed by atoms with van der Waals surface area (Å²) >= 11 is 0. The van der Waals surface area contributed by atoms with Gasteiger partial charge in [0.2, 0.25) is 0 Å². The van der Waals surface area contributed by atoms with Crippen LogP contribution in [0.25, 0.3) is 16.6 Å². The maximum Gasteiger partial charge on any atom is 0.305 e. The quantitative estimate of drug-likeness (QED) is 0.373. The molecule has 0 aliphatic carbocycles. The maximum atomic E-state index is 13.5. The molecule has 0 spiro atoms. The number of rotatable bonds is 6. The van der Waals surface area contributed by atoms with E-state index in [-0.39, 0.29) is 24.1 Å². The first-order valence-corrected chi connectivity index (χ1v) is 9.17. The molecule has 1 heterocycles. The topological polar surface area (TPSA) is 81.1 Å². The zero-order valence-corrected chi connectivity index (χ0v) is 16.3. The molecular formula is C22H24FN3O2. The fourth-order valence-electron chi connectivity index (χ4n) is 3.64. The van der Waals surface area contributed by atoms with Gasteiger partial charge >= 0.3 is 5.97 Å². The summed E-state index contributed by atoms with van der Waals surface area (Å²) in [4.78, 5) is 11.8. The molecule has 5 nitrogen and oxygen atoms in total. The van der Waals surface area contributed by atoms with Crippen molar-refractivity contribution < 1.29 is 13.9 Å². The van der Waals surface area contributed by atoms with E-state index >= 15 is 0 Å². The van der Waals surface area contributed by atoms with E-state index in [4.69, 9.17) is 15.9 Å². The fraction of sp³-hybridized carbons (Fsp3) is 0.273. The average Bonchev–Trinajstić information content (AvgIpc) is 2.99. The van der Waals surface area contributed by atoms with Crippen LogP contribution in [0.5, 0.6) is 0 Å². The Morgan fingerprint density at radius 3 is 2.54 bits per heavy atom. The van der Waals surface area contributed by atoms with E-state index in [0.29, 0.717) is 17.7 Å². The van der Waals surface area contributed by atoms with Gasteiger partial charge in [-0.1, -0.05) is 13.8 Å². The SMILES string of the molecule is COC(=O)CCc1c(C(C)C)n(-c2ccc(F)cc2)c2cc(C=N)c(N)cc12. The lowest BCUT2D eigenvalue weighted by molar-refractivity contribution is -0.140. The number of ether oxygens (including phenoxy) is 1. The maximum absolute atomic E-state index is 13.5. The summed E-state index contributed by atoms with van der Waals surface area (Å²) in [6, 6.07) is 10.0. The number of nitrogen functional groups attached to an aromatic ring is 1. The molecule has 1 aromatic heterocycles. The standard InChI is InChI=1S/C22H24FN3O2/c1-13(2)22-17(8-9-21(27)28-3)18-11-19(25)14(12-24)10-20(18)26(22)16-6-4-15(23)5-7-16/h4-7,10-13,24H,8-9,25H2,1-3H3. The van der Waals surface area contributed by atoms with Crippen molar-refractivity contribution in [1.29, 1.82) is 5.41 Å².